The summed E-state index contributed by atoms with van der Waals surface area (Å²) >= 11 is 6.92. The number of nitrogens with zero attached hydrogens (tertiary/aromatic N) is 5. The van der Waals surface area contributed by atoms with Crippen LogP contribution in [0.1, 0.15) is 51.9 Å². The number of carbonyl (C=O) groups is 2. The molecule has 1 saturated heterocycles. The minimum absolute atomic E-state index is 0.202. The molecule has 2 aliphatic rings. The van der Waals surface area contributed by atoms with Crippen molar-refractivity contribution in [2.45, 2.75) is 35.9 Å². The van der Waals surface area contributed by atoms with Crippen molar-refractivity contribution in [2.24, 2.45) is 7.05 Å². The van der Waals surface area contributed by atoms with Gasteiger partial charge in [0.1, 0.15) is 5.69 Å². The Bertz CT molecular complexity index is 1390. The van der Waals surface area contributed by atoms with Gasteiger partial charge in [-0.25, -0.2) is 0 Å². The van der Waals surface area contributed by atoms with E-state index < -0.39 is 28.7 Å². The number of piperidine rings is 1. The summed E-state index contributed by atoms with van der Waals surface area (Å²) in [5, 5.41) is 6.32. The molecule has 38 heavy (non-hydrogen) atoms. The molecule has 3 aromatic rings. The average Bonchev–Trinajstić information content (AvgIpc) is 3.32. The van der Waals surface area contributed by atoms with Crippen molar-refractivity contribution in [2.75, 3.05) is 13.1 Å². The van der Waals surface area contributed by atoms with Crippen molar-refractivity contribution < 1.29 is 22.8 Å². The maximum atomic E-state index is 13.8. The van der Waals surface area contributed by atoms with E-state index in [9.17, 15) is 22.8 Å². The SMILES string of the molecule is Cn1nc(C(F)(F)F)cc1C(=O)N[C@@H]1CCN(C(=O)C2(Cl)CC=Cc3nccnc32)C[C@@H]1c1ccccc1. The molecule has 1 aliphatic heterocycles. The van der Waals surface area contributed by atoms with E-state index >= 15 is 0 Å². The molecule has 5 rings (SSSR count). The summed E-state index contributed by atoms with van der Waals surface area (Å²) in [5.41, 5.74) is 0.480. The van der Waals surface area contributed by atoms with Crippen molar-refractivity contribution in [1.82, 2.24) is 30.0 Å². The second-order valence-corrected chi connectivity index (χ2v) is 10.0. The first kappa shape index (κ1) is 25.9. The maximum Gasteiger partial charge on any atom is 0.435 e. The number of amides is 2. The smallest absolute Gasteiger partial charge is 0.347 e. The Morgan fingerprint density at radius 3 is 2.61 bits per heavy atom. The Morgan fingerprint density at radius 2 is 1.89 bits per heavy atom. The van der Waals surface area contributed by atoms with Crippen LogP contribution in [0.15, 0.2) is 54.9 Å². The van der Waals surface area contributed by atoms with Crippen LogP contribution >= 0.6 is 11.6 Å². The second kappa shape index (κ2) is 9.86. The number of allylic oxidation sites excluding steroid dienone is 1. The zero-order chi connectivity index (χ0) is 27.1. The highest BCUT2D eigenvalue weighted by atomic mass is 35.5. The van der Waals surface area contributed by atoms with Gasteiger partial charge in [-0.2, -0.15) is 18.3 Å². The summed E-state index contributed by atoms with van der Waals surface area (Å²) in [7, 11) is 1.29. The van der Waals surface area contributed by atoms with Gasteiger partial charge < -0.3 is 10.2 Å². The van der Waals surface area contributed by atoms with Gasteiger partial charge in [-0.1, -0.05) is 36.4 Å². The molecule has 2 amide bonds. The first-order valence-electron chi connectivity index (χ1n) is 12.0. The number of benzene rings is 1. The molecule has 2 aromatic heterocycles. The first-order chi connectivity index (χ1) is 18.1. The van der Waals surface area contributed by atoms with Gasteiger partial charge >= 0.3 is 6.18 Å². The van der Waals surface area contributed by atoms with E-state index in [0.29, 0.717) is 24.4 Å². The van der Waals surface area contributed by atoms with Crippen LogP contribution in [0.5, 0.6) is 0 Å². The molecule has 0 bridgehead atoms. The topological polar surface area (TPSA) is 93.0 Å². The number of halogens is 4. The minimum atomic E-state index is -4.66. The molecule has 0 saturated carbocycles. The third-order valence-corrected chi connectivity index (χ3v) is 7.46. The third kappa shape index (κ3) is 4.78. The number of hydrogen-bond donors (Lipinski definition) is 1. The highest BCUT2D eigenvalue weighted by Gasteiger charge is 2.47. The van der Waals surface area contributed by atoms with Crippen molar-refractivity contribution >= 4 is 29.5 Å². The van der Waals surface area contributed by atoms with E-state index in [-0.39, 0.29) is 30.5 Å². The molecule has 3 heterocycles. The van der Waals surface area contributed by atoms with E-state index in [4.69, 9.17) is 11.6 Å². The monoisotopic (exact) mass is 544 g/mol. The molecule has 1 N–H and O–H groups in total. The molecule has 8 nitrogen and oxygen atoms in total. The van der Waals surface area contributed by atoms with E-state index in [2.05, 4.69) is 20.4 Å². The van der Waals surface area contributed by atoms with Crippen LogP contribution in [0, 0.1) is 0 Å². The molecular weight excluding hydrogens is 521 g/mol. The van der Waals surface area contributed by atoms with Crippen LogP contribution in [0.2, 0.25) is 0 Å². The number of alkyl halides is 4. The van der Waals surface area contributed by atoms with Crippen LogP contribution in [-0.2, 0) is 22.9 Å². The number of aryl methyl sites for hydroxylation is 1. The predicted molar refractivity (Wildman–Crippen MR) is 133 cm³/mol. The molecule has 1 unspecified atom stereocenters. The zero-order valence-corrected chi connectivity index (χ0v) is 21.1. The van der Waals surface area contributed by atoms with E-state index in [1.54, 1.807) is 17.1 Å². The molecule has 1 aliphatic carbocycles. The minimum Gasteiger partial charge on any atom is -0.347 e. The van der Waals surface area contributed by atoms with Crippen molar-refractivity contribution in [3.05, 3.63) is 83.2 Å². The summed E-state index contributed by atoms with van der Waals surface area (Å²) in [6, 6.07) is 9.64. The number of rotatable bonds is 4. The lowest BCUT2D eigenvalue weighted by molar-refractivity contribution is -0.141. The Morgan fingerprint density at radius 1 is 1.16 bits per heavy atom. The van der Waals surface area contributed by atoms with Gasteiger partial charge in [-0.05, 0) is 24.5 Å². The molecule has 1 fully saturated rings. The molecule has 3 atom stereocenters. The number of aromatic nitrogens is 4. The lowest BCUT2D eigenvalue weighted by Crippen LogP contribution is -2.55. The standard InChI is InChI=1S/C26H24ClF3N6O2/c1-35-20(14-21(34-35)26(28,29)30)23(37)33-18-9-13-36(15-17(18)16-6-3-2-4-7-16)24(38)25(27)10-5-8-19-22(25)32-12-11-31-19/h2-8,11-12,14,17-18H,9-10,13,15H2,1H3,(H,33,37)/t17-,18-,25?/m1/s1. The van der Waals surface area contributed by atoms with Gasteiger partial charge in [0, 0.05) is 50.6 Å². The van der Waals surface area contributed by atoms with Gasteiger partial charge in [-0.3, -0.25) is 24.2 Å². The van der Waals surface area contributed by atoms with Crippen LogP contribution in [0.25, 0.3) is 6.08 Å². The molecular formula is C26H24ClF3N6O2. The Balaban J connectivity index is 1.39. The van der Waals surface area contributed by atoms with E-state index in [0.717, 1.165) is 16.3 Å². The summed E-state index contributed by atoms with van der Waals surface area (Å²) < 4.78 is 40.3. The van der Waals surface area contributed by atoms with Crippen molar-refractivity contribution in [1.29, 1.82) is 0 Å². The summed E-state index contributed by atoms with van der Waals surface area (Å²) in [6.07, 6.45) is 2.59. The average molecular weight is 545 g/mol. The van der Waals surface area contributed by atoms with Gasteiger partial charge in [-0.15, -0.1) is 11.6 Å². The summed E-state index contributed by atoms with van der Waals surface area (Å²) in [5.74, 6) is -1.30. The van der Waals surface area contributed by atoms with Crippen LogP contribution < -0.4 is 5.32 Å². The number of hydrogen-bond acceptors (Lipinski definition) is 5. The second-order valence-electron chi connectivity index (χ2n) is 9.37. The zero-order valence-electron chi connectivity index (χ0n) is 20.3. The molecule has 0 spiro atoms. The fourth-order valence-corrected chi connectivity index (χ4v) is 5.41. The van der Waals surface area contributed by atoms with E-state index in [1.807, 2.05) is 30.3 Å². The fourth-order valence-electron chi connectivity index (χ4n) is 5.05. The van der Waals surface area contributed by atoms with Crippen molar-refractivity contribution in [3.63, 3.8) is 0 Å². The summed E-state index contributed by atoms with van der Waals surface area (Å²) in [6.45, 7) is 0.543. The lowest BCUT2D eigenvalue weighted by Gasteiger charge is -2.42. The quantitative estimate of drug-likeness (QED) is 0.503. The molecule has 12 heteroatoms. The first-order valence-corrected chi connectivity index (χ1v) is 12.4. The predicted octanol–water partition coefficient (Wildman–Crippen LogP) is 3.89. The van der Waals surface area contributed by atoms with Gasteiger partial charge in [0.05, 0.1) is 11.4 Å². The molecule has 0 radical (unpaired) electrons. The van der Waals surface area contributed by atoms with Crippen LogP contribution in [0.3, 0.4) is 0 Å². The third-order valence-electron chi connectivity index (χ3n) is 6.96. The summed E-state index contributed by atoms with van der Waals surface area (Å²) in [4.78, 5) is 35.7. The Hall–Kier alpha value is -3.73. The number of fused-ring (bicyclic) bond motifs is 1. The Kier molecular flexibility index (Phi) is 6.72. The van der Waals surface area contributed by atoms with E-state index in [1.165, 1.54) is 19.4 Å². The van der Waals surface area contributed by atoms with Gasteiger partial charge in [0.2, 0.25) is 5.91 Å². The normalized spacial score (nSPS) is 23.1. The van der Waals surface area contributed by atoms with Gasteiger partial charge in [0.25, 0.3) is 5.91 Å². The van der Waals surface area contributed by atoms with Crippen molar-refractivity contribution in [3.8, 4) is 0 Å². The fraction of sp³-hybridized carbons (Fsp3) is 0.346. The van der Waals surface area contributed by atoms with Gasteiger partial charge in [0.15, 0.2) is 10.6 Å². The van der Waals surface area contributed by atoms with Crippen LogP contribution in [-0.4, -0.2) is 55.6 Å². The highest BCUT2D eigenvalue weighted by molar-refractivity contribution is 6.35. The van der Waals surface area contributed by atoms with Crippen LogP contribution in [0.4, 0.5) is 13.2 Å². The Labute approximate surface area is 221 Å². The number of likely N-dealkylation sites (tertiary alicyclic amines) is 1. The molecule has 1 aromatic carbocycles. The number of nitrogens with one attached hydrogen (secondary N) is 1. The largest absolute Gasteiger partial charge is 0.435 e. The number of carbonyl (C=O) groups excluding carboxylic acids is 2. The molecule has 198 valence electrons. The maximum absolute atomic E-state index is 13.8. The lowest BCUT2D eigenvalue weighted by atomic mass is 9.84. The highest BCUT2D eigenvalue weighted by Crippen LogP contribution is 2.40.